The molecule has 1 aromatic heterocycles. The Morgan fingerprint density at radius 2 is 2.08 bits per heavy atom. The number of aromatic nitrogens is 2. The van der Waals surface area contributed by atoms with Gasteiger partial charge in [0.15, 0.2) is 0 Å². The zero-order valence-corrected chi connectivity index (χ0v) is 14.0. The van der Waals surface area contributed by atoms with E-state index in [0.717, 1.165) is 34.6 Å². The van der Waals surface area contributed by atoms with E-state index in [1.54, 1.807) is 11.6 Å². The predicted molar refractivity (Wildman–Crippen MR) is 90.8 cm³/mol. The first-order valence-electron chi connectivity index (χ1n) is 8.49. The maximum Gasteiger partial charge on any atom is 0.407 e. The van der Waals surface area contributed by atoms with Crippen LogP contribution in [-0.2, 0) is 7.05 Å². The average molecular weight is 348 g/mol. The van der Waals surface area contributed by atoms with E-state index in [4.69, 9.17) is 5.11 Å². The van der Waals surface area contributed by atoms with Crippen molar-refractivity contribution in [3.63, 3.8) is 0 Å². The fourth-order valence-electron chi connectivity index (χ4n) is 4.12. The number of alkyl halides is 1. The number of benzene rings is 1. The Labute approximate surface area is 143 Å². The number of likely N-dealkylation sites (tertiary alicyclic amines) is 2. The van der Waals surface area contributed by atoms with Gasteiger partial charge < -0.3 is 15.0 Å². The van der Waals surface area contributed by atoms with E-state index < -0.39 is 12.3 Å². The molecule has 2 aliphatic rings. The van der Waals surface area contributed by atoms with Crippen molar-refractivity contribution >= 4 is 17.1 Å². The first-order chi connectivity index (χ1) is 12.0. The highest BCUT2D eigenvalue weighted by Gasteiger charge is 2.41. The first kappa shape index (κ1) is 16.1. The van der Waals surface area contributed by atoms with Crippen LogP contribution in [0.25, 0.3) is 11.0 Å². The third-order valence-corrected chi connectivity index (χ3v) is 5.55. The number of aryl methyl sites for hydroxylation is 1. The zero-order chi connectivity index (χ0) is 17.7. The first-order valence-corrected chi connectivity index (χ1v) is 8.49. The van der Waals surface area contributed by atoms with E-state index >= 15 is 0 Å². The van der Waals surface area contributed by atoms with Gasteiger partial charge in [-0.25, -0.2) is 14.0 Å². The van der Waals surface area contributed by atoms with Gasteiger partial charge in [-0.15, -0.1) is 0 Å². The number of rotatable bonds is 2. The molecule has 134 valence electrons. The standard InChI is InChI=1S/C17H21FN4O3/c1-20-15-11(3-2-4-13(15)19-16(20)23)10-7-22(8-10)14-5-6-21(17(24)25)9-12(14)18/h2-4,10,12,14H,5-9H2,1H3,(H,19,23)(H,24,25)/t12-,14-/m0/s1. The molecule has 2 saturated heterocycles. The predicted octanol–water partition coefficient (Wildman–Crippen LogP) is 1.36. The number of carbonyl (C=O) groups is 1. The molecule has 2 atom stereocenters. The number of aromatic amines is 1. The maximum absolute atomic E-state index is 14.4. The Balaban J connectivity index is 1.48. The lowest BCUT2D eigenvalue weighted by molar-refractivity contribution is -0.00285. The molecule has 0 spiro atoms. The highest BCUT2D eigenvalue weighted by atomic mass is 19.1. The number of fused-ring (bicyclic) bond motifs is 1. The van der Waals surface area contributed by atoms with Gasteiger partial charge >= 0.3 is 11.8 Å². The van der Waals surface area contributed by atoms with Crippen molar-refractivity contribution in [3.8, 4) is 0 Å². The largest absolute Gasteiger partial charge is 0.465 e. The third kappa shape index (κ3) is 2.60. The molecule has 2 fully saturated rings. The summed E-state index contributed by atoms with van der Waals surface area (Å²) in [4.78, 5) is 28.9. The van der Waals surface area contributed by atoms with Crippen molar-refractivity contribution < 1.29 is 14.3 Å². The summed E-state index contributed by atoms with van der Waals surface area (Å²) in [6.07, 6.45) is -1.69. The van der Waals surface area contributed by atoms with Crippen molar-refractivity contribution in [2.75, 3.05) is 26.2 Å². The number of carboxylic acid groups (broad SMARTS) is 1. The molecule has 4 rings (SSSR count). The van der Waals surface area contributed by atoms with E-state index in [2.05, 4.69) is 9.88 Å². The molecule has 2 aliphatic heterocycles. The minimum Gasteiger partial charge on any atom is -0.465 e. The number of nitrogens with zero attached hydrogens (tertiary/aromatic N) is 3. The molecule has 0 radical (unpaired) electrons. The summed E-state index contributed by atoms with van der Waals surface area (Å²) in [5.74, 6) is 0.259. The summed E-state index contributed by atoms with van der Waals surface area (Å²) < 4.78 is 16.0. The van der Waals surface area contributed by atoms with Gasteiger partial charge in [-0.05, 0) is 18.1 Å². The van der Waals surface area contributed by atoms with Crippen molar-refractivity contribution in [2.45, 2.75) is 24.6 Å². The van der Waals surface area contributed by atoms with Gasteiger partial charge in [0, 0.05) is 38.6 Å². The number of nitrogens with one attached hydrogen (secondary N) is 1. The number of hydrogen-bond acceptors (Lipinski definition) is 3. The van der Waals surface area contributed by atoms with Gasteiger partial charge in [-0.1, -0.05) is 12.1 Å². The van der Waals surface area contributed by atoms with Crippen LogP contribution in [0.15, 0.2) is 23.0 Å². The normalized spacial score (nSPS) is 25.3. The topological polar surface area (TPSA) is 81.6 Å². The number of para-hydroxylation sites is 1. The molecule has 0 unspecified atom stereocenters. The lowest BCUT2D eigenvalue weighted by Crippen LogP contribution is -2.59. The third-order valence-electron chi connectivity index (χ3n) is 5.55. The zero-order valence-electron chi connectivity index (χ0n) is 14.0. The average Bonchev–Trinajstić information content (AvgIpc) is 2.83. The molecule has 2 aromatic rings. The van der Waals surface area contributed by atoms with Crippen LogP contribution in [0.3, 0.4) is 0 Å². The molecular weight excluding hydrogens is 327 g/mol. The van der Waals surface area contributed by atoms with E-state index in [0.29, 0.717) is 13.0 Å². The maximum atomic E-state index is 14.4. The van der Waals surface area contributed by atoms with Crippen molar-refractivity contribution in [2.24, 2.45) is 7.05 Å². The van der Waals surface area contributed by atoms with E-state index in [1.807, 2.05) is 18.2 Å². The highest BCUT2D eigenvalue weighted by Crippen LogP contribution is 2.35. The molecule has 0 aliphatic carbocycles. The summed E-state index contributed by atoms with van der Waals surface area (Å²) in [7, 11) is 1.75. The Morgan fingerprint density at radius 3 is 2.76 bits per heavy atom. The Hall–Kier alpha value is -2.35. The van der Waals surface area contributed by atoms with Crippen molar-refractivity contribution in [1.82, 2.24) is 19.4 Å². The number of H-pyrrole nitrogens is 1. The summed E-state index contributed by atoms with van der Waals surface area (Å²) >= 11 is 0. The van der Waals surface area contributed by atoms with Crippen LogP contribution in [0.5, 0.6) is 0 Å². The van der Waals surface area contributed by atoms with Crippen LogP contribution in [0.2, 0.25) is 0 Å². The van der Waals surface area contributed by atoms with Gasteiger partial charge in [0.1, 0.15) is 6.17 Å². The molecule has 1 amide bonds. The number of amides is 1. The van der Waals surface area contributed by atoms with Crippen LogP contribution < -0.4 is 5.69 Å². The van der Waals surface area contributed by atoms with Crippen LogP contribution in [0.4, 0.5) is 9.18 Å². The number of halogens is 1. The highest BCUT2D eigenvalue weighted by molar-refractivity contribution is 5.79. The summed E-state index contributed by atoms with van der Waals surface area (Å²) in [5.41, 5.74) is 2.70. The van der Waals surface area contributed by atoms with E-state index in [-0.39, 0.29) is 24.2 Å². The quantitative estimate of drug-likeness (QED) is 0.859. The monoisotopic (exact) mass is 348 g/mol. The van der Waals surface area contributed by atoms with Crippen molar-refractivity contribution in [1.29, 1.82) is 0 Å². The van der Waals surface area contributed by atoms with Gasteiger partial charge in [0.05, 0.1) is 17.6 Å². The smallest absolute Gasteiger partial charge is 0.407 e. The second-order valence-corrected chi connectivity index (χ2v) is 6.98. The Kier molecular flexibility index (Phi) is 3.79. The lowest BCUT2D eigenvalue weighted by atomic mass is 9.87. The molecular formula is C17H21FN4O3. The van der Waals surface area contributed by atoms with Gasteiger partial charge in [0.2, 0.25) is 0 Å². The number of piperidine rings is 1. The van der Waals surface area contributed by atoms with Gasteiger partial charge in [-0.3, -0.25) is 9.47 Å². The van der Waals surface area contributed by atoms with Crippen LogP contribution in [-0.4, -0.2) is 68.9 Å². The van der Waals surface area contributed by atoms with Crippen molar-refractivity contribution in [3.05, 3.63) is 34.2 Å². The van der Waals surface area contributed by atoms with Crippen LogP contribution >= 0.6 is 0 Å². The Bertz CT molecular complexity index is 870. The van der Waals surface area contributed by atoms with E-state index in [1.165, 1.54) is 0 Å². The van der Waals surface area contributed by atoms with E-state index in [9.17, 15) is 14.0 Å². The molecule has 7 nitrogen and oxygen atoms in total. The van der Waals surface area contributed by atoms with Gasteiger partial charge in [-0.2, -0.15) is 0 Å². The molecule has 0 bridgehead atoms. The molecule has 0 saturated carbocycles. The van der Waals surface area contributed by atoms with Gasteiger partial charge in [0.25, 0.3) is 0 Å². The second-order valence-electron chi connectivity index (χ2n) is 6.98. The molecule has 8 heteroatoms. The minimum atomic E-state index is -1.15. The minimum absolute atomic E-state index is 0.0525. The number of hydrogen-bond donors (Lipinski definition) is 2. The summed E-state index contributed by atoms with van der Waals surface area (Å²) in [6.45, 7) is 1.79. The molecule has 3 heterocycles. The fourth-order valence-corrected chi connectivity index (χ4v) is 4.12. The summed E-state index contributed by atoms with van der Waals surface area (Å²) in [6, 6.07) is 5.62. The van der Waals surface area contributed by atoms with Crippen LogP contribution in [0.1, 0.15) is 17.9 Å². The molecule has 25 heavy (non-hydrogen) atoms. The SMILES string of the molecule is Cn1c(=O)[nH]c2cccc(C3CN([C@H]4CCN(C(=O)O)C[C@@H]4F)C3)c21. The fraction of sp³-hybridized carbons (Fsp3) is 0.529. The van der Waals surface area contributed by atoms with Crippen LogP contribution in [0, 0.1) is 0 Å². The lowest BCUT2D eigenvalue weighted by Gasteiger charge is -2.48. The molecule has 1 aromatic carbocycles. The summed E-state index contributed by atoms with van der Waals surface area (Å²) in [5, 5.41) is 8.99. The Morgan fingerprint density at radius 1 is 1.32 bits per heavy atom. The number of imidazole rings is 1. The molecule has 2 N–H and O–H groups in total. The second kappa shape index (κ2) is 5.87.